The summed E-state index contributed by atoms with van der Waals surface area (Å²) in [5, 5.41) is 3.21. The minimum Gasteiger partial charge on any atom is -0.363 e. The zero-order chi connectivity index (χ0) is 24.8. The molecule has 0 spiro atoms. The number of rotatable bonds is 4. The molecule has 2 heterocycles. The van der Waals surface area contributed by atoms with Crippen LogP contribution in [-0.2, 0) is 16.0 Å². The van der Waals surface area contributed by atoms with Crippen molar-refractivity contribution in [1.82, 2.24) is 5.32 Å². The first-order chi connectivity index (χ1) is 16.1. The van der Waals surface area contributed by atoms with Crippen molar-refractivity contribution in [1.29, 1.82) is 0 Å². The van der Waals surface area contributed by atoms with Gasteiger partial charge in [0.1, 0.15) is 5.57 Å². The van der Waals surface area contributed by atoms with Crippen LogP contribution in [0.2, 0.25) is 5.02 Å². The van der Waals surface area contributed by atoms with E-state index in [0.29, 0.717) is 16.3 Å². The normalized spacial score (nSPS) is 18.7. The number of nitrogens with one attached hydrogen (secondary N) is 1. The summed E-state index contributed by atoms with van der Waals surface area (Å²) in [5.41, 5.74) is 5.29. The van der Waals surface area contributed by atoms with Crippen LogP contribution in [0, 0.1) is 0 Å². The van der Waals surface area contributed by atoms with Crippen molar-refractivity contribution in [3.8, 4) is 0 Å². The Labute approximate surface area is 211 Å². The summed E-state index contributed by atoms with van der Waals surface area (Å²) in [5.74, 6) is -0.996. The number of hydrogen-bond donors (Lipinski definition) is 1. The van der Waals surface area contributed by atoms with Gasteiger partial charge in [0.2, 0.25) is 0 Å². The molecule has 7 heteroatoms. The van der Waals surface area contributed by atoms with Crippen LogP contribution in [0.3, 0.4) is 0 Å². The molecule has 2 aromatic rings. The number of benzene rings is 2. The lowest BCUT2D eigenvalue weighted by Crippen LogP contribution is -2.54. The fourth-order valence-corrected chi connectivity index (χ4v) is 5.35. The molecular formula is C27H28ClN3O2S. The standard InChI is InChI=1S/C27H28ClN3O2S/c1-6-17-10-8-9-11-22(17)31-25(33)20(24(32)29-26(31)34)13-18-12-19-16(3)15-27(4,5)30(7-2)23(19)14-21(18)28/h8-15H,6-7H2,1-5H3,(H,29,32,34)/b20-13-. The summed E-state index contributed by atoms with van der Waals surface area (Å²) >= 11 is 12.1. The van der Waals surface area contributed by atoms with Crippen molar-refractivity contribution in [3.05, 3.63) is 69.8 Å². The summed E-state index contributed by atoms with van der Waals surface area (Å²) in [6.45, 7) is 11.4. The molecule has 0 aliphatic carbocycles. The van der Waals surface area contributed by atoms with Crippen molar-refractivity contribution >= 4 is 63.8 Å². The Hall–Kier alpha value is -2.96. The van der Waals surface area contributed by atoms with E-state index in [1.165, 1.54) is 4.90 Å². The second-order valence-corrected chi connectivity index (χ2v) is 9.85. The lowest BCUT2D eigenvalue weighted by molar-refractivity contribution is -0.122. The fourth-order valence-electron chi connectivity index (χ4n) is 4.86. The maximum absolute atomic E-state index is 13.5. The highest BCUT2D eigenvalue weighted by atomic mass is 35.5. The summed E-state index contributed by atoms with van der Waals surface area (Å²) in [6, 6.07) is 11.4. The van der Waals surface area contributed by atoms with Gasteiger partial charge in [-0.25, -0.2) is 0 Å². The lowest BCUT2D eigenvalue weighted by Gasteiger charge is -2.43. The van der Waals surface area contributed by atoms with Gasteiger partial charge in [-0.15, -0.1) is 0 Å². The quantitative estimate of drug-likeness (QED) is 0.334. The van der Waals surface area contributed by atoms with Crippen LogP contribution in [0.5, 0.6) is 0 Å². The minimum absolute atomic E-state index is 0.00789. The Morgan fingerprint density at radius 2 is 1.82 bits per heavy atom. The number of amides is 2. The smallest absolute Gasteiger partial charge is 0.270 e. The Morgan fingerprint density at radius 1 is 1.12 bits per heavy atom. The number of aryl methyl sites for hydroxylation is 1. The molecular weight excluding hydrogens is 466 g/mol. The molecule has 4 rings (SSSR count). The maximum Gasteiger partial charge on any atom is 0.270 e. The van der Waals surface area contributed by atoms with Crippen molar-refractivity contribution in [2.45, 2.75) is 46.6 Å². The van der Waals surface area contributed by atoms with Gasteiger partial charge in [-0.2, -0.15) is 0 Å². The van der Waals surface area contributed by atoms with Gasteiger partial charge in [0.25, 0.3) is 11.8 Å². The van der Waals surface area contributed by atoms with Crippen LogP contribution < -0.4 is 15.1 Å². The Bertz CT molecular complexity index is 1280. The van der Waals surface area contributed by atoms with E-state index in [2.05, 4.69) is 44.0 Å². The molecule has 0 radical (unpaired) electrons. The van der Waals surface area contributed by atoms with E-state index in [9.17, 15) is 9.59 Å². The van der Waals surface area contributed by atoms with Crippen LogP contribution in [0.4, 0.5) is 11.4 Å². The van der Waals surface area contributed by atoms with Crippen molar-refractivity contribution < 1.29 is 9.59 Å². The second-order valence-electron chi connectivity index (χ2n) is 9.06. The predicted molar refractivity (Wildman–Crippen MR) is 144 cm³/mol. The zero-order valence-corrected chi connectivity index (χ0v) is 21.6. The molecule has 2 aromatic carbocycles. The number of para-hydroxylation sites is 1. The van der Waals surface area contributed by atoms with E-state index >= 15 is 0 Å². The maximum atomic E-state index is 13.5. The number of anilines is 2. The number of hydrogen-bond acceptors (Lipinski definition) is 4. The van der Waals surface area contributed by atoms with Crippen LogP contribution in [0.15, 0.2) is 48.0 Å². The van der Waals surface area contributed by atoms with Crippen molar-refractivity contribution in [2.75, 3.05) is 16.3 Å². The van der Waals surface area contributed by atoms with E-state index < -0.39 is 11.8 Å². The highest BCUT2D eigenvalue weighted by Gasteiger charge is 2.36. The Balaban J connectivity index is 1.81. The average molecular weight is 494 g/mol. The summed E-state index contributed by atoms with van der Waals surface area (Å²) in [7, 11) is 0. The van der Waals surface area contributed by atoms with Crippen molar-refractivity contribution in [2.24, 2.45) is 0 Å². The molecule has 1 saturated heterocycles. The largest absolute Gasteiger partial charge is 0.363 e. The molecule has 2 aliphatic heterocycles. The number of allylic oxidation sites excluding steroid dienone is 1. The van der Waals surface area contributed by atoms with Gasteiger partial charge in [0.05, 0.1) is 11.2 Å². The number of carbonyl (C=O) groups excluding carboxylic acids is 2. The molecule has 1 N–H and O–H groups in total. The van der Waals surface area contributed by atoms with Gasteiger partial charge in [-0.3, -0.25) is 19.8 Å². The third kappa shape index (κ3) is 4.05. The Morgan fingerprint density at radius 3 is 2.50 bits per heavy atom. The molecule has 0 unspecified atom stereocenters. The second kappa shape index (κ2) is 9.01. The van der Waals surface area contributed by atoms with Crippen molar-refractivity contribution in [3.63, 3.8) is 0 Å². The predicted octanol–water partition coefficient (Wildman–Crippen LogP) is 5.76. The number of likely N-dealkylation sites (N-methyl/N-ethyl adjacent to an activating group) is 1. The molecule has 2 aliphatic rings. The molecule has 0 bridgehead atoms. The lowest BCUT2D eigenvalue weighted by atomic mass is 9.87. The third-order valence-electron chi connectivity index (χ3n) is 6.43. The van der Waals surface area contributed by atoms with Crippen LogP contribution in [0.25, 0.3) is 11.6 Å². The van der Waals surface area contributed by atoms with E-state index in [-0.39, 0.29) is 16.2 Å². The highest BCUT2D eigenvalue weighted by molar-refractivity contribution is 7.80. The monoisotopic (exact) mass is 493 g/mol. The molecule has 1 fully saturated rings. The van der Waals surface area contributed by atoms with Crippen LogP contribution in [0.1, 0.15) is 51.3 Å². The van der Waals surface area contributed by atoms with E-state index in [0.717, 1.165) is 35.4 Å². The molecule has 0 aromatic heterocycles. The fraction of sp³-hybridized carbons (Fsp3) is 0.296. The van der Waals surface area contributed by atoms with E-state index in [1.807, 2.05) is 43.3 Å². The number of nitrogens with zero attached hydrogens (tertiary/aromatic N) is 2. The first-order valence-electron chi connectivity index (χ1n) is 11.4. The summed E-state index contributed by atoms with van der Waals surface area (Å²) in [4.78, 5) is 30.0. The van der Waals surface area contributed by atoms with E-state index in [4.69, 9.17) is 23.8 Å². The van der Waals surface area contributed by atoms with Gasteiger partial charge in [-0.05, 0) is 87.3 Å². The Kier molecular flexibility index (Phi) is 6.40. The first kappa shape index (κ1) is 24.2. The summed E-state index contributed by atoms with van der Waals surface area (Å²) in [6.07, 6.45) is 4.51. The minimum atomic E-state index is -0.530. The molecule has 2 amide bonds. The number of fused-ring (bicyclic) bond motifs is 1. The highest BCUT2D eigenvalue weighted by Crippen LogP contribution is 2.41. The molecule has 176 valence electrons. The third-order valence-corrected chi connectivity index (χ3v) is 7.04. The van der Waals surface area contributed by atoms with Gasteiger partial charge >= 0.3 is 0 Å². The van der Waals surface area contributed by atoms with E-state index in [1.54, 1.807) is 6.08 Å². The number of carbonyl (C=O) groups is 2. The summed E-state index contributed by atoms with van der Waals surface area (Å²) < 4.78 is 0. The molecule has 5 nitrogen and oxygen atoms in total. The number of thiocarbonyl (C=S) groups is 1. The average Bonchev–Trinajstić information content (AvgIpc) is 2.77. The van der Waals surface area contributed by atoms with Crippen LogP contribution in [-0.4, -0.2) is 29.0 Å². The first-order valence-corrected chi connectivity index (χ1v) is 12.2. The zero-order valence-electron chi connectivity index (χ0n) is 20.0. The molecule has 34 heavy (non-hydrogen) atoms. The molecule has 0 atom stereocenters. The van der Waals surface area contributed by atoms with Crippen LogP contribution >= 0.6 is 23.8 Å². The number of halogens is 1. The van der Waals surface area contributed by atoms with Gasteiger partial charge in [0.15, 0.2) is 5.11 Å². The van der Waals surface area contributed by atoms with Gasteiger partial charge in [0, 0.05) is 22.8 Å². The molecule has 0 saturated carbocycles. The topological polar surface area (TPSA) is 52.7 Å². The van der Waals surface area contributed by atoms with Gasteiger partial charge < -0.3 is 4.90 Å². The van der Waals surface area contributed by atoms with Gasteiger partial charge in [-0.1, -0.05) is 42.8 Å². The SMILES string of the molecule is CCc1ccccc1N1C(=O)/C(=C\c2cc3c(cc2Cl)N(CC)C(C)(C)C=C3C)C(=O)NC1=S.